The molecule has 7 nitrogen and oxygen atoms in total. The summed E-state index contributed by atoms with van der Waals surface area (Å²) in [6.45, 7) is 3.27. The van der Waals surface area contributed by atoms with E-state index in [1.54, 1.807) is 0 Å². The Balaban J connectivity index is 2.02. The lowest BCUT2D eigenvalue weighted by Crippen LogP contribution is -2.54. The minimum absolute atomic E-state index is 0.223. The Morgan fingerprint density at radius 1 is 1.53 bits per heavy atom. The second kappa shape index (κ2) is 5.34. The van der Waals surface area contributed by atoms with Crippen LogP contribution in [0.3, 0.4) is 0 Å². The Morgan fingerprint density at radius 2 is 2.26 bits per heavy atom. The summed E-state index contributed by atoms with van der Waals surface area (Å²) in [4.78, 5) is 24.7. The van der Waals surface area contributed by atoms with Crippen LogP contribution in [0.15, 0.2) is 0 Å². The van der Waals surface area contributed by atoms with Gasteiger partial charge in [0.05, 0.1) is 18.2 Å². The first kappa shape index (κ1) is 14.1. The third-order valence-corrected chi connectivity index (χ3v) is 3.77. The highest BCUT2D eigenvalue weighted by Gasteiger charge is 2.42. The van der Waals surface area contributed by atoms with Crippen LogP contribution in [0.1, 0.15) is 19.8 Å². The molecular weight excluding hydrogens is 252 g/mol. The molecule has 2 N–H and O–H groups in total. The van der Waals surface area contributed by atoms with Gasteiger partial charge < -0.3 is 24.8 Å². The summed E-state index contributed by atoms with van der Waals surface area (Å²) < 4.78 is 10.4. The fourth-order valence-electron chi connectivity index (χ4n) is 2.52. The molecule has 0 aliphatic carbocycles. The average Bonchev–Trinajstić information content (AvgIpc) is 2.95. The van der Waals surface area contributed by atoms with Crippen molar-refractivity contribution >= 4 is 12.0 Å². The third kappa shape index (κ3) is 2.98. The second-order valence-corrected chi connectivity index (χ2v) is 5.39. The van der Waals surface area contributed by atoms with E-state index in [4.69, 9.17) is 14.6 Å². The fourth-order valence-corrected chi connectivity index (χ4v) is 2.52. The van der Waals surface area contributed by atoms with E-state index in [1.807, 2.05) is 6.92 Å². The smallest absolute Gasteiger partial charge is 0.326 e. The van der Waals surface area contributed by atoms with Gasteiger partial charge in [0.15, 0.2) is 0 Å². The SMILES string of the molecule is COC1CC(C(=O)O)N(C(=O)NC2(C)CCOC2)C1. The van der Waals surface area contributed by atoms with Gasteiger partial charge in [0, 0.05) is 26.7 Å². The summed E-state index contributed by atoms with van der Waals surface area (Å²) in [6.07, 6.45) is 0.837. The Kier molecular flexibility index (Phi) is 3.96. The zero-order valence-electron chi connectivity index (χ0n) is 11.2. The van der Waals surface area contributed by atoms with Crippen LogP contribution in [-0.2, 0) is 14.3 Å². The largest absolute Gasteiger partial charge is 0.480 e. The number of amides is 2. The summed E-state index contributed by atoms with van der Waals surface area (Å²) in [6, 6.07) is -1.18. The highest BCUT2D eigenvalue weighted by atomic mass is 16.5. The fraction of sp³-hybridized carbons (Fsp3) is 0.833. The molecule has 2 amide bonds. The van der Waals surface area contributed by atoms with Crippen molar-refractivity contribution in [3.05, 3.63) is 0 Å². The van der Waals surface area contributed by atoms with E-state index in [0.29, 0.717) is 26.2 Å². The van der Waals surface area contributed by atoms with E-state index < -0.39 is 17.6 Å². The van der Waals surface area contributed by atoms with Crippen LogP contribution >= 0.6 is 0 Å². The van der Waals surface area contributed by atoms with Crippen LogP contribution in [-0.4, -0.2) is 66.6 Å². The number of carboxylic acid groups (broad SMARTS) is 1. The van der Waals surface area contributed by atoms with Gasteiger partial charge in [-0.1, -0.05) is 0 Å². The van der Waals surface area contributed by atoms with Crippen LogP contribution in [0.25, 0.3) is 0 Å². The van der Waals surface area contributed by atoms with E-state index in [1.165, 1.54) is 12.0 Å². The first-order chi connectivity index (χ1) is 8.95. The van der Waals surface area contributed by atoms with Gasteiger partial charge in [0.2, 0.25) is 0 Å². The summed E-state index contributed by atoms with van der Waals surface area (Å²) >= 11 is 0. The zero-order valence-corrected chi connectivity index (χ0v) is 11.2. The summed E-state index contributed by atoms with van der Waals surface area (Å²) in [7, 11) is 1.52. The molecule has 108 valence electrons. The van der Waals surface area contributed by atoms with Gasteiger partial charge in [-0.3, -0.25) is 0 Å². The molecule has 2 aliphatic rings. The predicted octanol–water partition coefficient (Wildman–Crippen LogP) is 0.0489. The van der Waals surface area contributed by atoms with Gasteiger partial charge in [0.25, 0.3) is 0 Å². The molecule has 0 aromatic heterocycles. The number of carbonyl (C=O) groups excluding carboxylic acids is 1. The number of carbonyl (C=O) groups is 2. The van der Waals surface area contributed by atoms with Crippen molar-refractivity contribution in [1.82, 2.24) is 10.2 Å². The molecule has 2 fully saturated rings. The number of rotatable bonds is 3. The van der Waals surface area contributed by atoms with E-state index in [-0.39, 0.29) is 12.1 Å². The maximum atomic E-state index is 12.2. The molecule has 2 saturated heterocycles. The first-order valence-electron chi connectivity index (χ1n) is 6.37. The van der Waals surface area contributed by atoms with Crippen LogP contribution in [0.4, 0.5) is 4.79 Å². The Hall–Kier alpha value is -1.34. The number of hydrogen-bond donors (Lipinski definition) is 2. The molecule has 0 saturated carbocycles. The molecule has 3 unspecified atom stereocenters. The number of hydrogen-bond acceptors (Lipinski definition) is 4. The number of urea groups is 1. The van der Waals surface area contributed by atoms with Gasteiger partial charge >= 0.3 is 12.0 Å². The van der Waals surface area contributed by atoms with E-state index in [0.717, 1.165) is 6.42 Å². The number of nitrogens with zero attached hydrogens (tertiary/aromatic N) is 1. The number of nitrogens with one attached hydrogen (secondary N) is 1. The molecular formula is C12H20N2O5. The van der Waals surface area contributed by atoms with Gasteiger partial charge in [0.1, 0.15) is 6.04 Å². The number of aliphatic carboxylic acids is 1. The highest BCUT2D eigenvalue weighted by Crippen LogP contribution is 2.23. The molecule has 0 spiro atoms. The van der Waals surface area contributed by atoms with E-state index in [9.17, 15) is 9.59 Å². The van der Waals surface area contributed by atoms with Crippen LogP contribution in [0, 0.1) is 0 Å². The van der Waals surface area contributed by atoms with Crippen molar-refractivity contribution in [2.24, 2.45) is 0 Å². The van der Waals surface area contributed by atoms with Crippen molar-refractivity contribution in [2.75, 3.05) is 26.9 Å². The Morgan fingerprint density at radius 3 is 2.79 bits per heavy atom. The molecule has 2 rings (SSSR count). The summed E-state index contributed by atoms with van der Waals surface area (Å²) in [5.41, 5.74) is -0.411. The Bertz CT molecular complexity index is 367. The maximum absolute atomic E-state index is 12.2. The van der Waals surface area contributed by atoms with Crippen molar-refractivity contribution < 1.29 is 24.2 Å². The first-order valence-corrected chi connectivity index (χ1v) is 6.37. The molecule has 3 atom stereocenters. The zero-order chi connectivity index (χ0) is 14.0. The lowest BCUT2D eigenvalue weighted by Gasteiger charge is -2.29. The van der Waals surface area contributed by atoms with Gasteiger partial charge in [-0.15, -0.1) is 0 Å². The van der Waals surface area contributed by atoms with E-state index in [2.05, 4.69) is 5.32 Å². The quantitative estimate of drug-likeness (QED) is 0.758. The van der Waals surface area contributed by atoms with Crippen LogP contribution in [0.2, 0.25) is 0 Å². The van der Waals surface area contributed by atoms with Gasteiger partial charge in [-0.25, -0.2) is 9.59 Å². The van der Waals surface area contributed by atoms with Gasteiger partial charge in [-0.2, -0.15) is 0 Å². The monoisotopic (exact) mass is 272 g/mol. The minimum Gasteiger partial charge on any atom is -0.480 e. The van der Waals surface area contributed by atoms with Crippen molar-refractivity contribution in [3.8, 4) is 0 Å². The molecule has 0 aromatic carbocycles. The summed E-state index contributed by atoms with van der Waals surface area (Å²) in [5, 5.41) is 12.0. The summed E-state index contributed by atoms with van der Waals surface area (Å²) in [5.74, 6) is -0.998. The molecule has 0 aromatic rings. The van der Waals surface area contributed by atoms with Crippen molar-refractivity contribution in [2.45, 2.75) is 37.5 Å². The van der Waals surface area contributed by atoms with Crippen LogP contribution < -0.4 is 5.32 Å². The standard InChI is InChI=1S/C12H20N2O5/c1-12(3-4-19-7-12)13-11(17)14-6-8(18-2)5-9(14)10(15)16/h8-9H,3-7H2,1-2H3,(H,13,17)(H,15,16). The number of ether oxygens (including phenoxy) is 2. The normalized spacial score (nSPS) is 34.5. The molecule has 2 heterocycles. The molecule has 0 bridgehead atoms. The van der Waals surface area contributed by atoms with Gasteiger partial charge in [-0.05, 0) is 13.3 Å². The number of carboxylic acids is 1. The predicted molar refractivity (Wildman–Crippen MR) is 65.9 cm³/mol. The molecule has 7 heteroatoms. The number of methoxy groups -OCH3 is 1. The Labute approximate surface area is 111 Å². The minimum atomic E-state index is -0.998. The molecule has 19 heavy (non-hydrogen) atoms. The van der Waals surface area contributed by atoms with E-state index >= 15 is 0 Å². The highest BCUT2D eigenvalue weighted by molar-refractivity contribution is 5.83. The molecule has 2 aliphatic heterocycles. The lowest BCUT2D eigenvalue weighted by molar-refractivity contribution is -0.141. The average molecular weight is 272 g/mol. The second-order valence-electron chi connectivity index (χ2n) is 5.39. The van der Waals surface area contributed by atoms with Crippen molar-refractivity contribution in [1.29, 1.82) is 0 Å². The van der Waals surface area contributed by atoms with Crippen molar-refractivity contribution in [3.63, 3.8) is 0 Å². The number of likely N-dealkylation sites (tertiary alicyclic amines) is 1. The third-order valence-electron chi connectivity index (χ3n) is 3.77. The lowest BCUT2D eigenvalue weighted by atomic mass is 10.0. The topological polar surface area (TPSA) is 88.1 Å². The molecule has 0 radical (unpaired) electrons. The van der Waals surface area contributed by atoms with Crippen LogP contribution in [0.5, 0.6) is 0 Å². The maximum Gasteiger partial charge on any atom is 0.326 e.